The standard InChI is InChI=1S/C24H21BrN2O4/c1-16(24(30)27-26-22(28)15-17-7-11-20(25)12-8-17)31-21-13-9-19(10-14-21)23(29)18-5-3-2-4-6-18/h2-14,16H,15H2,1H3,(H,26,28)(H,27,30). The predicted octanol–water partition coefficient (Wildman–Crippen LogP) is 3.84. The van der Waals surface area contributed by atoms with Crippen molar-refractivity contribution >= 4 is 33.5 Å². The highest BCUT2D eigenvalue weighted by Crippen LogP contribution is 2.17. The van der Waals surface area contributed by atoms with Gasteiger partial charge in [0, 0.05) is 15.6 Å². The van der Waals surface area contributed by atoms with Gasteiger partial charge >= 0.3 is 0 Å². The number of nitrogens with one attached hydrogen (secondary N) is 2. The van der Waals surface area contributed by atoms with E-state index in [4.69, 9.17) is 4.74 Å². The molecule has 7 heteroatoms. The van der Waals surface area contributed by atoms with Gasteiger partial charge < -0.3 is 4.74 Å². The van der Waals surface area contributed by atoms with Gasteiger partial charge in [-0.05, 0) is 48.9 Å². The molecule has 158 valence electrons. The van der Waals surface area contributed by atoms with Crippen molar-refractivity contribution in [3.63, 3.8) is 0 Å². The molecular formula is C24H21BrN2O4. The summed E-state index contributed by atoms with van der Waals surface area (Å²) < 4.78 is 6.52. The third kappa shape index (κ3) is 6.52. The van der Waals surface area contributed by atoms with E-state index in [2.05, 4.69) is 26.8 Å². The average molecular weight is 481 g/mol. The van der Waals surface area contributed by atoms with E-state index < -0.39 is 12.0 Å². The number of halogens is 1. The Balaban J connectivity index is 1.48. The van der Waals surface area contributed by atoms with Crippen LogP contribution >= 0.6 is 15.9 Å². The Bertz CT molecular complexity index is 1050. The molecule has 0 saturated heterocycles. The second kappa shape index (κ2) is 10.5. The minimum atomic E-state index is -0.844. The molecule has 0 aliphatic rings. The molecule has 2 N–H and O–H groups in total. The second-order valence-electron chi connectivity index (χ2n) is 6.82. The number of ketones is 1. The number of hydrogen-bond donors (Lipinski definition) is 2. The van der Waals surface area contributed by atoms with Gasteiger partial charge in [0.15, 0.2) is 11.9 Å². The molecule has 1 unspecified atom stereocenters. The zero-order valence-electron chi connectivity index (χ0n) is 16.8. The minimum Gasteiger partial charge on any atom is -0.481 e. The second-order valence-corrected chi connectivity index (χ2v) is 7.74. The van der Waals surface area contributed by atoms with E-state index in [9.17, 15) is 14.4 Å². The minimum absolute atomic E-state index is 0.0913. The first-order valence-corrected chi connectivity index (χ1v) is 10.4. The van der Waals surface area contributed by atoms with E-state index in [0.717, 1.165) is 10.0 Å². The summed E-state index contributed by atoms with van der Waals surface area (Å²) in [5.41, 5.74) is 6.69. The summed E-state index contributed by atoms with van der Waals surface area (Å²) in [4.78, 5) is 36.6. The summed E-state index contributed by atoms with van der Waals surface area (Å²) in [6, 6.07) is 22.9. The molecule has 0 spiro atoms. The smallest absolute Gasteiger partial charge is 0.279 e. The lowest BCUT2D eigenvalue weighted by molar-refractivity contribution is -0.132. The molecule has 0 bridgehead atoms. The van der Waals surface area contributed by atoms with Crippen LogP contribution in [0.1, 0.15) is 28.4 Å². The SMILES string of the molecule is CC(Oc1ccc(C(=O)c2ccccc2)cc1)C(=O)NNC(=O)Cc1ccc(Br)cc1. The van der Waals surface area contributed by atoms with Gasteiger partial charge in [-0.1, -0.05) is 58.4 Å². The van der Waals surface area contributed by atoms with Crippen LogP contribution in [0.15, 0.2) is 83.3 Å². The van der Waals surface area contributed by atoms with Gasteiger partial charge in [-0.3, -0.25) is 25.2 Å². The van der Waals surface area contributed by atoms with Crippen LogP contribution in [-0.4, -0.2) is 23.7 Å². The highest BCUT2D eigenvalue weighted by Gasteiger charge is 2.16. The first-order valence-electron chi connectivity index (χ1n) is 9.62. The van der Waals surface area contributed by atoms with Gasteiger partial charge in [0.1, 0.15) is 5.75 Å². The molecule has 1 atom stereocenters. The Morgan fingerprint density at radius 2 is 1.45 bits per heavy atom. The number of hydrazine groups is 1. The maximum absolute atomic E-state index is 12.4. The zero-order chi connectivity index (χ0) is 22.2. The monoisotopic (exact) mass is 480 g/mol. The summed E-state index contributed by atoms with van der Waals surface area (Å²) in [6.45, 7) is 1.57. The largest absolute Gasteiger partial charge is 0.481 e. The fraction of sp³-hybridized carbons (Fsp3) is 0.125. The molecule has 31 heavy (non-hydrogen) atoms. The number of benzene rings is 3. The van der Waals surface area contributed by atoms with E-state index in [1.54, 1.807) is 43.3 Å². The Morgan fingerprint density at radius 3 is 2.10 bits per heavy atom. The molecule has 0 fully saturated rings. The Labute approximate surface area is 188 Å². The van der Waals surface area contributed by atoms with Crippen molar-refractivity contribution in [2.24, 2.45) is 0 Å². The number of rotatable bonds is 7. The molecule has 0 aromatic heterocycles. The van der Waals surface area contributed by atoms with Crippen molar-refractivity contribution in [2.75, 3.05) is 0 Å². The molecule has 3 aromatic carbocycles. The van der Waals surface area contributed by atoms with Crippen LogP contribution < -0.4 is 15.6 Å². The van der Waals surface area contributed by atoms with Crippen molar-refractivity contribution < 1.29 is 19.1 Å². The molecule has 0 radical (unpaired) electrons. The third-order valence-corrected chi connectivity index (χ3v) is 4.97. The first-order chi connectivity index (χ1) is 14.9. The summed E-state index contributed by atoms with van der Waals surface area (Å²) in [6.07, 6.45) is -0.705. The zero-order valence-corrected chi connectivity index (χ0v) is 18.4. The Hall–Kier alpha value is -3.45. The van der Waals surface area contributed by atoms with Gasteiger partial charge in [-0.15, -0.1) is 0 Å². The molecule has 2 amide bonds. The van der Waals surface area contributed by atoms with Crippen molar-refractivity contribution in [2.45, 2.75) is 19.4 Å². The number of carbonyl (C=O) groups excluding carboxylic acids is 3. The van der Waals surface area contributed by atoms with E-state index in [-0.39, 0.29) is 18.1 Å². The lowest BCUT2D eigenvalue weighted by Crippen LogP contribution is -2.47. The van der Waals surface area contributed by atoms with Crippen LogP contribution in [-0.2, 0) is 16.0 Å². The summed E-state index contributed by atoms with van der Waals surface area (Å²) in [7, 11) is 0. The van der Waals surface area contributed by atoms with E-state index in [1.165, 1.54) is 0 Å². The molecule has 0 aliphatic carbocycles. The van der Waals surface area contributed by atoms with Crippen molar-refractivity contribution in [1.29, 1.82) is 0 Å². The molecular weight excluding hydrogens is 460 g/mol. The summed E-state index contributed by atoms with van der Waals surface area (Å²) in [5.74, 6) is -0.486. The normalized spacial score (nSPS) is 11.3. The van der Waals surface area contributed by atoms with Crippen molar-refractivity contribution in [1.82, 2.24) is 10.9 Å². The molecule has 3 rings (SSSR count). The lowest BCUT2D eigenvalue weighted by atomic mass is 10.0. The van der Waals surface area contributed by atoms with Gasteiger partial charge in [-0.25, -0.2) is 0 Å². The Morgan fingerprint density at radius 1 is 0.839 bits per heavy atom. The number of amides is 2. The van der Waals surface area contributed by atoms with E-state index in [0.29, 0.717) is 16.9 Å². The third-order valence-electron chi connectivity index (χ3n) is 4.44. The highest BCUT2D eigenvalue weighted by molar-refractivity contribution is 9.10. The van der Waals surface area contributed by atoms with Crippen LogP contribution in [0.5, 0.6) is 5.75 Å². The van der Waals surface area contributed by atoms with Crippen molar-refractivity contribution in [3.8, 4) is 5.75 Å². The maximum Gasteiger partial charge on any atom is 0.279 e. The Kier molecular flexibility index (Phi) is 7.56. The van der Waals surface area contributed by atoms with Crippen LogP contribution in [0.3, 0.4) is 0 Å². The van der Waals surface area contributed by atoms with Gasteiger partial charge in [-0.2, -0.15) is 0 Å². The fourth-order valence-corrected chi connectivity index (χ4v) is 3.03. The van der Waals surface area contributed by atoms with E-state index >= 15 is 0 Å². The highest BCUT2D eigenvalue weighted by atomic mass is 79.9. The van der Waals surface area contributed by atoms with Gasteiger partial charge in [0.2, 0.25) is 5.91 Å². The number of ether oxygens (including phenoxy) is 1. The number of hydrogen-bond acceptors (Lipinski definition) is 4. The van der Waals surface area contributed by atoms with Crippen LogP contribution in [0.25, 0.3) is 0 Å². The first kappa shape index (κ1) is 22.2. The van der Waals surface area contributed by atoms with Gasteiger partial charge in [0.05, 0.1) is 6.42 Å². The molecule has 6 nitrogen and oxygen atoms in total. The fourth-order valence-electron chi connectivity index (χ4n) is 2.76. The topological polar surface area (TPSA) is 84.5 Å². The van der Waals surface area contributed by atoms with Crippen LogP contribution in [0.4, 0.5) is 0 Å². The molecule has 3 aromatic rings. The molecule has 0 heterocycles. The van der Waals surface area contributed by atoms with Crippen LogP contribution in [0, 0.1) is 0 Å². The maximum atomic E-state index is 12.4. The summed E-state index contributed by atoms with van der Waals surface area (Å²) in [5, 5.41) is 0. The average Bonchev–Trinajstić information content (AvgIpc) is 2.79. The molecule has 0 aliphatic heterocycles. The number of carbonyl (C=O) groups is 3. The summed E-state index contributed by atoms with van der Waals surface area (Å²) >= 11 is 3.34. The predicted molar refractivity (Wildman–Crippen MR) is 121 cm³/mol. The van der Waals surface area contributed by atoms with Gasteiger partial charge in [0.25, 0.3) is 5.91 Å². The quantitative estimate of drug-likeness (QED) is 0.397. The van der Waals surface area contributed by atoms with E-state index in [1.807, 2.05) is 42.5 Å². The molecule has 0 saturated carbocycles. The van der Waals surface area contributed by atoms with Crippen molar-refractivity contribution in [3.05, 3.63) is 100 Å². The van der Waals surface area contributed by atoms with Crippen LogP contribution in [0.2, 0.25) is 0 Å². The lowest BCUT2D eigenvalue weighted by Gasteiger charge is -2.15.